The number of benzene rings is 1. The molecular weight excluding hydrogens is 384 g/mol. The van der Waals surface area contributed by atoms with E-state index in [9.17, 15) is 0 Å². The molecule has 1 aromatic carbocycles. The van der Waals surface area contributed by atoms with Gasteiger partial charge in [0.25, 0.3) is 0 Å². The zero-order chi connectivity index (χ0) is 20.9. The second kappa shape index (κ2) is 9.13. The number of nitrogens with zero attached hydrogens (tertiary/aromatic N) is 3. The number of aromatic nitrogens is 3. The molecule has 1 fully saturated rings. The van der Waals surface area contributed by atoms with Gasteiger partial charge < -0.3 is 24.1 Å². The zero-order valence-corrected chi connectivity index (χ0v) is 17.5. The Hall–Kier alpha value is -3.13. The molecule has 8 heteroatoms. The number of anilines is 1. The summed E-state index contributed by atoms with van der Waals surface area (Å²) in [6.45, 7) is 3.32. The predicted molar refractivity (Wildman–Crippen MR) is 112 cm³/mol. The molecule has 3 heterocycles. The van der Waals surface area contributed by atoms with Gasteiger partial charge in [-0.25, -0.2) is 9.97 Å². The Kier molecular flexibility index (Phi) is 6.13. The van der Waals surface area contributed by atoms with Gasteiger partial charge in [0.1, 0.15) is 6.10 Å². The average Bonchev–Trinajstić information content (AvgIpc) is 3.45. The summed E-state index contributed by atoms with van der Waals surface area (Å²) in [6, 6.07) is 7.81. The average molecular weight is 410 g/mol. The van der Waals surface area contributed by atoms with Gasteiger partial charge in [-0.3, -0.25) is 0 Å². The van der Waals surface area contributed by atoms with Crippen LogP contribution in [0.2, 0.25) is 0 Å². The third-order valence-electron chi connectivity index (χ3n) is 5.09. The predicted octanol–water partition coefficient (Wildman–Crippen LogP) is 3.96. The Labute approximate surface area is 175 Å². The maximum absolute atomic E-state index is 5.88. The highest BCUT2D eigenvalue weighted by molar-refractivity contribution is 5.61. The van der Waals surface area contributed by atoms with Crippen molar-refractivity contribution in [1.29, 1.82) is 0 Å². The van der Waals surface area contributed by atoms with E-state index in [4.69, 9.17) is 23.7 Å². The van der Waals surface area contributed by atoms with Crippen LogP contribution in [0.4, 0.5) is 5.95 Å². The minimum absolute atomic E-state index is 0.0557. The quantitative estimate of drug-likeness (QED) is 0.597. The lowest BCUT2D eigenvalue weighted by Gasteiger charge is -2.14. The van der Waals surface area contributed by atoms with Gasteiger partial charge in [0.05, 0.1) is 31.2 Å². The van der Waals surface area contributed by atoms with Crippen molar-refractivity contribution >= 4 is 5.95 Å². The number of rotatable bonds is 8. The summed E-state index contributed by atoms with van der Waals surface area (Å²) in [6.07, 6.45) is 4.47. The Morgan fingerprint density at radius 1 is 1.17 bits per heavy atom. The molecule has 0 amide bonds. The molecule has 0 bridgehead atoms. The van der Waals surface area contributed by atoms with E-state index in [0.717, 1.165) is 59.9 Å². The van der Waals surface area contributed by atoms with Gasteiger partial charge in [-0.1, -0.05) is 11.2 Å². The molecule has 1 aliphatic rings. The van der Waals surface area contributed by atoms with Crippen LogP contribution in [0.25, 0.3) is 11.3 Å². The number of aryl methyl sites for hydroxylation is 1. The number of hydrogen-bond donors (Lipinski definition) is 1. The molecule has 1 atom stereocenters. The van der Waals surface area contributed by atoms with Crippen LogP contribution < -0.4 is 14.8 Å². The Morgan fingerprint density at radius 3 is 2.73 bits per heavy atom. The first-order chi connectivity index (χ1) is 14.7. The number of ether oxygens (including phenoxy) is 3. The van der Waals surface area contributed by atoms with Gasteiger partial charge in [-0.2, -0.15) is 0 Å². The smallest absolute Gasteiger partial charge is 0.222 e. The van der Waals surface area contributed by atoms with Crippen LogP contribution in [-0.4, -0.2) is 42.5 Å². The SMILES string of the molecule is COc1ccc(CCNc2ncc(-c3cc(C)no3)c([C@H]3CCCO3)n2)cc1OC. The first-order valence-corrected chi connectivity index (χ1v) is 10.0. The first-order valence-electron chi connectivity index (χ1n) is 10.0. The van der Waals surface area contributed by atoms with Crippen molar-refractivity contribution in [2.75, 3.05) is 32.7 Å². The molecular formula is C22H26N4O4. The Morgan fingerprint density at radius 2 is 2.03 bits per heavy atom. The van der Waals surface area contributed by atoms with Crippen molar-refractivity contribution in [3.63, 3.8) is 0 Å². The summed E-state index contributed by atoms with van der Waals surface area (Å²) in [4.78, 5) is 9.23. The van der Waals surface area contributed by atoms with Gasteiger partial charge in [-0.15, -0.1) is 0 Å². The van der Waals surface area contributed by atoms with Gasteiger partial charge in [0.15, 0.2) is 17.3 Å². The van der Waals surface area contributed by atoms with Gasteiger partial charge in [-0.05, 0) is 43.9 Å². The molecule has 1 aliphatic heterocycles. The topological polar surface area (TPSA) is 91.5 Å². The minimum atomic E-state index is -0.0557. The first kappa shape index (κ1) is 20.2. The van der Waals surface area contributed by atoms with E-state index in [1.54, 1.807) is 20.4 Å². The maximum atomic E-state index is 5.88. The summed E-state index contributed by atoms with van der Waals surface area (Å²) in [5.41, 5.74) is 3.62. The van der Waals surface area contributed by atoms with E-state index >= 15 is 0 Å². The van der Waals surface area contributed by atoms with Crippen LogP contribution in [0.1, 0.15) is 35.9 Å². The van der Waals surface area contributed by atoms with Crippen molar-refractivity contribution in [3.8, 4) is 22.8 Å². The Bertz CT molecular complexity index is 999. The standard InChI is InChI=1S/C22H26N4O4/c1-14-11-19(30-26-14)16-13-24-22(25-21(16)18-5-4-10-29-18)23-9-8-15-6-7-17(27-2)20(12-15)28-3/h6-7,11-13,18H,4-5,8-10H2,1-3H3,(H,23,24,25)/t18-/m1/s1. The van der Waals surface area contributed by atoms with E-state index in [2.05, 4.69) is 15.5 Å². The molecule has 0 saturated carbocycles. The van der Waals surface area contributed by atoms with Crippen molar-refractivity contribution in [3.05, 3.63) is 47.4 Å². The highest BCUT2D eigenvalue weighted by Gasteiger charge is 2.25. The summed E-state index contributed by atoms with van der Waals surface area (Å²) in [5.74, 6) is 2.67. The molecule has 4 rings (SSSR count). The minimum Gasteiger partial charge on any atom is -0.493 e. The summed E-state index contributed by atoms with van der Waals surface area (Å²) >= 11 is 0. The summed E-state index contributed by atoms with van der Waals surface area (Å²) in [7, 11) is 3.27. The molecule has 0 aliphatic carbocycles. The number of nitrogens with one attached hydrogen (secondary N) is 1. The molecule has 1 saturated heterocycles. The van der Waals surface area contributed by atoms with Crippen LogP contribution >= 0.6 is 0 Å². The normalized spacial score (nSPS) is 15.9. The van der Waals surface area contributed by atoms with Crippen LogP contribution in [-0.2, 0) is 11.2 Å². The third-order valence-corrected chi connectivity index (χ3v) is 5.09. The molecule has 8 nitrogen and oxygen atoms in total. The van der Waals surface area contributed by atoms with Crippen LogP contribution in [0.15, 0.2) is 35.0 Å². The summed E-state index contributed by atoms with van der Waals surface area (Å²) < 4.78 is 22.0. The molecule has 2 aromatic heterocycles. The highest BCUT2D eigenvalue weighted by atomic mass is 16.5. The lowest BCUT2D eigenvalue weighted by atomic mass is 10.1. The van der Waals surface area contributed by atoms with Crippen molar-refractivity contribution < 1.29 is 18.7 Å². The largest absolute Gasteiger partial charge is 0.493 e. The molecule has 3 aromatic rings. The van der Waals surface area contributed by atoms with Crippen LogP contribution in [0.3, 0.4) is 0 Å². The van der Waals surface area contributed by atoms with E-state index in [0.29, 0.717) is 18.3 Å². The van der Waals surface area contributed by atoms with Crippen molar-refractivity contribution in [2.45, 2.75) is 32.3 Å². The van der Waals surface area contributed by atoms with E-state index in [1.165, 1.54) is 0 Å². The van der Waals surface area contributed by atoms with E-state index in [1.807, 2.05) is 31.2 Å². The maximum Gasteiger partial charge on any atom is 0.222 e. The lowest BCUT2D eigenvalue weighted by Crippen LogP contribution is -2.11. The molecule has 158 valence electrons. The van der Waals surface area contributed by atoms with Crippen LogP contribution in [0, 0.1) is 6.92 Å². The van der Waals surface area contributed by atoms with E-state index < -0.39 is 0 Å². The fourth-order valence-corrected chi connectivity index (χ4v) is 3.55. The number of methoxy groups -OCH3 is 2. The van der Waals surface area contributed by atoms with Gasteiger partial charge >= 0.3 is 0 Å². The van der Waals surface area contributed by atoms with Crippen LogP contribution in [0.5, 0.6) is 11.5 Å². The molecule has 0 unspecified atom stereocenters. The van der Waals surface area contributed by atoms with Crippen molar-refractivity contribution in [1.82, 2.24) is 15.1 Å². The molecule has 30 heavy (non-hydrogen) atoms. The third kappa shape index (κ3) is 4.38. The lowest BCUT2D eigenvalue weighted by molar-refractivity contribution is 0.109. The highest BCUT2D eigenvalue weighted by Crippen LogP contribution is 2.35. The second-order valence-electron chi connectivity index (χ2n) is 7.19. The second-order valence-corrected chi connectivity index (χ2v) is 7.19. The van der Waals surface area contributed by atoms with Gasteiger partial charge in [0, 0.05) is 25.4 Å². The zero-order valence-electron chi connectivity index (χ0n) is 17.5. The molecule has 1 N–H and O–H groups in total. The summed E-state index contributed by atoms with van der Waals surface area (Å²) in [5, 5.41) is 7.30. The molecule has 0 spiro atoms. The van der Waals surface area contributed by atoms with E-state index in [-0.39, 0.29) is 6.10 Å². The number of hydrogen-bond acceptors (Lipinski definition) is 8. The fraction of sp³-hybridized carbons (Fsp3) is 0.409. The monoisotopic (exact) mass is 410 g/mol. The fourth-order valence-electron chi connectivity index (χ4n) is 3.55. The van der Waals surface area contributed by atoms with Gasteiger partial charge in [0.2, 0.25) is 5.95 Å². The Balaban J connectivity index is 1.48. The molecule has 0 radical (unpaired) electrons. The van der Waals surface area contributed by atoms with Crippen molar-refractivity contribution in [2.24, 2.45) is 0 Å².